The van der Waals surface area contributed by atoms with E-state index >= 15 is 0 Å². The number of anilines is 2. The lowest BCUT2D eigenvalue weighted by Crippen LogP contribution is -2.49. The second kappa shape index (κ2) is 19.8. The highest BCUT2D eigenvalue weighted by molar-refractivity contribution is 6.01. The number of likely N-dealkylation sites (tertiary alicyclic amines) is 2. The number of fused-ring (bicyclic) bond motifs is 1. The molecule has 7 rings (SSSR count). The highest BCUT2D eigenvalue weighted by atomic mass is 19.1. The fourth-order valence-electron chi connectivity index (χ4n) is 8.48. The maximum atomic E-state index is 14.1. The van der Waals surface area contributed by atoms with Crippen LogP contribution in [0.3, 0.4) is 0 Å². The van der Waals surface area contributed by atoms with Crippen LogP contribution >= 0.6 is 0 Å². The van der Waals surface area contributed by atoms with Gasteiger partial charge in [0.1, 0.15) is 41.0 Å². The fourth-order valence-corrected chi connectivity index (χ4v) is 8.48. The molecule has 2 fully saturated rings. The largest absolute Gasteiger partial charge is 0.460 e. The number of rotatable bonds is 12. The molecule has 3 heterocycles. The Morgan fingerprint density at radius 2 is 1.18 bits per heavy atom. The lowest BCUT2D eigenvalue weighted by atomic mass is 9.93. The highest BCUT2D eigenvalue weighted by Crippen LogP contribution is 2.32. The number of carbonyl (C=O) groups is 6. The molecular formula is C51H56F2N6O8. The van der Waals surface area contributed by atoms with Crippen molar-refractivity contribution >= 4 is 58.0 Å². The molecule has 0 bridgehead atoms. The smallest absolute Gasteiger partial charge is 0.408 e. The first-order chi connectivity index (χ1) is 31.7. The van der Waals surface area contributed by atoms with Gasteiger partial charge in [0.15, 0.2) is 0 Å². The number of nitrogens with one attached hydrogen (secondary N) is 4. The molecule has 352 valence electrons. The first-order valence-electron chi connectivity index (χ1n) is 22.4. The van der Waals surface area contributed by atoms with Gasteiger partial charge in [0.25, 0.3) is 5.91 Å². The number of carbonyl (C=O) groups excluding carboxylic acids is 6. The highest BCUT2D eigenvalue weighted by Gasteiger charge is 2.40. The monoisotopic (exact) mass is 918 g/mol. The average molecular weight is 919 g/mol. The predicted octanol–water partition coefficient (Wildman–Crippen LogP) is 8.75. The van der Waals surface area contributed by atoms with Crippen molar-refractivity contribution in [2.45, 2.75) is 109 Å². The minimum Gasteiger partial charge on any atom is -0.460 e. The topological polar surface area (TPSA) is 179 Å². The first-order valence-corrected chi connectivity index (χ1v) is 22.4. The van der Waals surface area contributed by atoms with E-state index in [1.54, 1.807) is 59.7 Å². The molecule has 14 nitrogen and oxygen atoms in total. The molecule has 2 saturated heterocycles. The number of hydrogen-bond acceptors (Lipinski definition) is 8. The van der Waals surface area contributed by atoms with Crippen molar-refractivity contribution in [1.29, 1.82) is 0 Å². The van der Waals surface area contributed by atoms with Crippen molar-refractivity contribution in [3.8, 4) is 11.3 Å². The maximum Gasteiger partial charge on any atom is 0.408 e. The summed E-state index contributed by atoms with van der Waals surface area (Å²) in [4.78, 5) is 87.6. The molecule has 0 radical (unpaired) electrons. The van der Waals surface area contributed by atoms with Gasteiger partial charge in [0.05, 0.1) is 12.3 Å². The lowest BCUT2D eigenvalue weighted by Gasteiger charge is -2.29. The van der Waals surface area contributed by atoms with E-state index in [4.69, 9.17) is 9.47 Å². The van der Waals surface area contributed by atoms with E-state index in [1.165, 1.54) is 58.3 Å². The Morgan fingerprint density at radius 3 is 1.75 bits per heavy atom. The van der Waals surface area contributed by atoms with Crippen LogP contribution in [0, 0.1) is 11.6 Å². The third kappa shape index (κ3) is 12.0. The quantitative estimate of drug-likeness (QED) is 0.0898. The predicted molar refractivity (Wildman–Crippen MR) is 249 cm³/mol. The van der Waals surface area contributed by atoms with E-state index in [-0.39, 0.29) is 18.9 Å². The third-order valence-electron chi connectivity index (χ3n) is 11.5. The van der Waals surface area contributed by atoms with Crippen LogP contribution in [0.2, 0.25) is 0 Å². The number of esters is 1. The number of nitrogens with zero attached hydrogens (tertiary/aromatic N) is 2. The summed E-state index contributed by atoms with van der Waals surface area (Å²) in [6.45, 7) is 10.9. The van der Waals surface area contributed by atoms with Crippen LogP contribution in [0.25, 0.3) is 22.2 Å². The molecule has 16 heteroatoms. The summed E-state index contributed by atoms with van der Waals surface area (Å²) in [5.74, 6) is -4.23. The number of aromatic amines is 1. The Morgan fingerprint density at radius 1 is 0.657 bits per heavy atom. The fraction of sp³-hybridized carbons (Fsp3) is 0.373. The normalized spacial score (nSPS) is 17.1. The lowest BCUT2D eigenvalue weighted by molar-refractivity contribution is -0.157. The molecule has 5 aromatic rings. The van der Waals surface area contributed by atoms with Gasteiger partial charge in [-0.2, -0.15) is 0 Å². The second-order valence-corrected chi connectivity index (χ2v) is 18.9. The van der Waals surface area contributed by atoms with Gasteiger partial charge < -0.3 is 40.2 Å². The number of ether oxygens (including phenoxy) is 2. The molecule has 1 aromatic heterocycles. The summed E-state index contributed by atoms with van der Waals surface area (Å²) in [5, 5.41) is 9.31. The molecular weight excluding hydrogens is 863 g/mol. The molecule has 0 spiro atoms. The van der Waals surface area contributed by atoms with Crippen molar-refractivity contribution in [2.24, 2.45) is 0 Å². The van der Waals surface area contributed by atoms with Crippen molar-refractivity contribution in [1.82, 2.24) is 20.1 Å². The van der Waals surface area contributed by atoms with Crippen molar-refractivity contribution in [3.63, 3.8) is 0 Å². The molecule has 2 aliphatic rings. The number of benzene rings is 4. The van der Waals surface area contributed by atoms with Gasteiger partial charge in [-0.15, -0.1) is 0 Å². The third-order valence-corrected chi connectivity index (χ3v) is 11.5. The maximum absolute atomic E-state index is 14.1. The summed E-state index contributed by atoms with van der Waals surface area (Å²) in [5.41, 5.74) is 2.61. The summed E-state index contributed by atoms with van der Waals surface area (Å²) in [7, 11) is 0. The molecule has 4 atom stereocenters. The van der Waals surface area contributed by atoms with Crippen LogP contribution in [0.5, 0.6) is 0 Å². The standard InChI is InChI=1S/C51H56F2N6O8/c1-50(2,3)66-43(60)29-38(30-11-17-34(52)18-12-30)47(63)58-25-7-9-41(58)46(62)55-37-23-24-39-33(27-37)28-40(56-39)31-15-21-36(22-16-31)54-45(61)42-10-8-26-59(42)48(64)44(32-13-19-35(53)20-14-32)57-49(65)67-51(4,5)6/h11-24,27-28,38,41-42,44,56H,7-10,25-26,29H2,1-6H3,(H,54,61)(H,55,62)(H,57,65)/t38-,41+,42+,44-/m1/s1. The Labute approximate surface area is 387 Å². The van der Waals surface area contributed by atoms with Crippen molar-refractivity contribution in [3.05, 3.63) is 120 Å². The van der Waals surface area contributed by atoms with E-state index in [1.807, 2.05) is 30.3 Å². The molecule has 0 unspecified atom stereocenters. The van der Waals surface area contributed by atoms with E-state index < -0.39 is 76.7 Å². The number of aromatic nitrogens is 1. The van der Waals surface area contributed by atoms with Crippen molar-refractivity contribution < 1.29 is 47.0 Å². The van der Waals surface area contributed by atoms with Crippen LogP contribution < -0.4 is 16.0 Å². The van der Waals surface area contributed by atoms with Gasteiger partial charge >= 0.3 is 12.1 Å². The van der Waals surface area contributed by atoms with Gasteiger partial charge in [0, 0.05) is 41.1 Å². The van der Waals surface area contributed by atoms with E-state index in [0.29, 0.717) is 54.7 Å². The van der Waals surface area contributed by atoms with Crippen LogP contribution in [0.15, 0.2) is 97.1 Å². The van der Waals surface area contributed by atoms with E-state index in [2.05, 4.69) is 20.9 Å². The summed E-state index contributed by atoms with van der Waals surface area (Å²) in [6, 6.07) is 22.3. The van der Waals surface area contributed by atoms with E-state index in [0.717, 1.165) is 22.2 Å². The number of amides is 5. The Hall–Kier alpha value is -7.10. The minimum absolute atomic E-state index is 0.267. The molecule has 4 aromatic carbocycles. The summed E-state index contributed by atoms with van der Waals surface area (Å²) in [6.07, 6.45) is 0.884. The van der Waals surface area contributed by atoms with Crippen LogP contribution in [0.4, 0.5) is 25.0 Å². The molecule has 0 saturated carbocycles. The van der Waals surface area contributed by atoms with Gasteiger partial charge in [-0.1, -0.05) is 36.4 Å². The summed E-state index contributed by atoms with van der Waals surface area (Å²) < 4.78 is 38.6. The number of halogens is 2. The number of H-pyrrole nitrogens is 1. The average Bonchev–Trinajstić information content (AvgIpc) is 4.05. The van der Waals surface area contributed by atoms with Crippen LogP contribution in [0.1, 0.15) is 96.7 Å². The van der Waals surface area contributed by atoms with Gasteiger partial charge in [0.2, 0.25) is 17.7 Å². The van der Waals surface area contributed by atoms with Crippen LogP contribution in [-0.2, 0) is 33.4 Å². The minimum atomic E-state index is -1.22. The molecule has 5 amide bonds. The zero-order chi connectivity index (χ0) is 48.2. The molecule has 2 aliphatic heterocycles. The van der Waals surface area contributed by atoms with Crippen LogP contribution in [-0.4, -0.2) is 86.9 Å². The number of hydrogen-bond donors (Lipinski definition) is 4. The number of alkyl carbamates (subject to hydrolysis) is 1. The molecule has 4 N–H and O–H groups in total. The zero-order valence-corrected chi connectivity index (χ0v) is 38.4. The first kappa shape index (κ1) is 47.9. The Balaban J connectivity index is 0.994. The van der Waals surface area contributed by atoms with Gasteiger partial charge in [-0.25, -0.2) is 13.6 Å². The zero-order valence-electron chi connectivity index (χ0n) is 38.4. The Kier molecular flexibility index (Phi) is 14.1. The Bertz CT molecular complexity index is 2640. The summed E-state index contributed by atoms with van der Waals surface area (Å²) >= 11 is 0. The van der Waals surface area contributed by atoms with Crippen molar-refractivity contribution in [2.75, 3.05) is 23.7 Å². The molecule has 67 heavy (non-hydrogen) atoms. The SMILES string of the molecule is CC(C)(C)OC(=O)C[C@@H](C(=O)N1CCC[C@H]1C(=O)Nc1ccc2[nH]c(-c3ccc(NC(=O)[C@@H]4CCCN4C(=O)[C@H](NC(=O)OC(C)(C)C)c4ccc(F)cc4)cc3)cc2c1)c1ccc(F)cc1. The second-order valence-electron chi connectivity index (χ2n) is 18.9. The van der Waals surface area contributed by atoms with E-state index in [9.17, 15) is 37.5 Å². The van der Waals surface area contributed by atoms with Gasteiger partial charge in [-0.05, 0) is 145 Å². The molecule has 0 aliphatic carbocycles. The van der Waals surface area contributed by atoms with Gasteiger partial charge in [-0.3, -0.25) is 24.0 Å².